The van der Waals surface area contributed by atoms with Gasteiger partial charge >= 0.3 is 0 Å². The molecule has 0 radical (unpaired) electrons. The Bertz CT molecular complexity index is 980. The van der Waals surface area contributed by atoms with E-state index in [0.29, 0.717) is 41.8 Å². The molecule has 0 heterocycles. The van der Waals surface area contributed by atoms with Crippen LogP contribution in [0.3, 0.4) is 0 Å². The van der Waals surface area contributed by atoms with Crippen molar-refractivity contribution in [3.8, 4) is 17.2 Å². The number of hydrogen-bond acceptors (Lipinski definition) is 4. The van der Waals surface area contributed by atoms with Gasteiger partial charge in [0.1, 0.15) is 18.2 Å². The second-order valence-electron chi connectivity index (χ2n) is 6.63. The lowest BCUT2D eigenvalue weighted by atomic mass is 10.1. The van der Waals surface area contributed by atoms with Crippen molar-refractivity contribution in [3.63, 3.8) is 0 Å². The first-order chi connectivity index (χ1) is 14.6. The SMILES string of the molecule is CCOc1cc(CNCc2ccccc2OC)cc(Cl)c1OCc1ccccc1F. The Kier molecular flexibility index (Phi) is 7.94. The Morgan fingerprint density at radius 2 is 1.63 bits per heavy atom. The van der Waals surface area contributed by atoms with E-state index in [4.69, 9.17) is 25.8 Å². The quantitative estimate of drug-likeness (QED) is 0.445. The van der Waals surface area contributed by atoms with Gasteiger partial charge in [0.05, 0.1) is 18.7 Å². The highest BCUT2D eigenvalue weighted by atomic mass is 35.5. The van der Waals surface area contributed by atoms with Gasteiger partial charge in [0.25, 0.3) is 0 Å². The lowest BCUT2D eigenvalue weighted by molar-refractivity contribution is 0.266. The Morgan fingerprint density at radius 3 is 2.37 bits per heavy atom. The van der Waals surface area contributed by atoms with Gasteiger partial charge in [-0.25, -0.2) is 4.39 Å². The molecule has 0 aliphatic heterocycles. The number of hydrogen-bond donors (Lipinski definition) is 1. The van der Waals surface area contributed by atoms with Crippen molar-refractivity contribution in [1.29, 1.82) is 0 Å². The number of ether oxygens (including phenoxy) is 3. The molecule has 0 bridgehead atoms. The van der Waals surface area contributed by atoms with Gasteiger partial charge in [0, 0.05) is 24.2 Å². The minimum Gasteiger partial charge on any atom is -0.496 e. The van der Waals surface area contributed by atoms with E-state index in [1.807, 2.05) is 43.3 Å². The molecule has 0 aromatic heterocycles. The minimum absolute atomic E-state index is 0.0673. The van der Waals surface area contributed by atoms with Crippen molar-refractivity contribution >= 4 is 11.6 Å². The van der Waals surface area contributed by atoms with E-state index in [-0.39, 0.29) is 12.4 Å². The first kappa shape index (κ1) is 21.9. The summed E-state index contributed by atoms with van der Waals surface area (Å²) in [5.41, 5.74) is 2.48. The normalized spacial score (nSPS) is 10.7. The van der Waals surface area contributed by atoms with Crippen molar-refractivity contribution in [3.05, 3.63) is 88.2 Å². The zero-order chi connectivity index (χ0) is 21.3. The van der Waals surface area contributed by atoms with Crippen molar-refractivity contribution in [2.24, 2.45) is 0 Å². The zero-order valence-corrected chi connectivity index (χ0v) is 17.8. The van der Waals surface area contributed by atoms with Crippen LogP contribution in [0.15, 0.2) is 60.7 Å². The van der Waals surface area contributed by atoms with Crippen LogP contribution in [0.4, 0.5) is 4.39 Å². The molecule has 6 heteroatoms. The Hall–Kier alpha value is -2.76. The molecule has 0 spiro atoms. The van der Waals surface area contributed by atoms with Crippen LogP contribution >= 0.6 is 11.6 Å². The maximum absolute atomic E-state index is 13.9. The molecule has 1 N–H and O–H groups in total. The highest BCUT2D eigenvalue weighted by Gasteiger charge is 2.14. The summed E-state index contributed by atoms with van der Waals surface area (Å²) in [7, 11) is 1.66. The van der Waals surface area contributed by atoms with Gasteiger partial charge in [-0.05, 0) is 36.8 Å². The average molecular weight is 430 g/mol. The Morgan fingerprint density at radius 1 is 0.900 bits per heavy atom. The van der Waals surface area contributed by atoms with Crippen molar-refractivity contribution in [1.82, 2.24) is 5.32 Å². The van der Waals surface area contributed by atoms with Crippen molar-refractivity contribution in [2.45, 2.75) is 26.6 Å². The summed E-state index contributed by atoms with van der Waals surface area (Å²) in [4.78, 5) is 0. The van der Waals surface area contributed by atoms with Crippen molar-refractivity contribution in [2.75, 3.05) is 13.7 Å². The summed E-state index contributed by atoms with van der Waals surface area (Å²) in [6.07, 6.45) is 0. The summed E-state index contributed by atoms with van der Waals surface area (Å²) in [6.45, 7) is 3.66. The van der Waals surface area contributed by atoms with E-state index in [9.17, 15) is 4.39 Å². The number of halogens is 2. The molecule has 0 saturated heterocycles. The molecule has 0 unspecified atom stereocenters. The molecular formula is C24H25ClFNO3. The maximum atomic E-state index is 13.9. The van der Waals surface area contributed by atoms with Gasteiger partial charge in [-0.2, -0.15) is 0 Å². The number of benzene rings is 3. The number of rotatable bonds is 10. The molecule has 0 atom stereocenters. The highest BCUT2D eigenvalue weighted by Crippen LogP contribution is 2.37. The lowest BCUT2D eigenvalue weighted by Gasteiger charge is -2.16. The van der Waals surface area contributed by atoms with Gasteiger partial charge in [-0.15, -0.1) is 0 Å². The summed E-state index contributed by atoms with van der Waals surface area (Å²) in [5.74, 6) is 1.48. The third-order valence-corrected chi connectivity index (χ3v) is 4.82. The third kappa shape index (κ3) is 5.65. The van der Waals surface area contributed by atoms with Gasteiger partial charge in [0.2, 0.25) is 0 Å². The van der Waals surface area contributed by atoms with E-state index in [1.54, 1.807) is 25.3 Å². The maximum Gasteiger partial charge on any atom is 0.180 e. The number of para-hydroxylation sites is 1. The predicted octanol–water partition coefficient (Wildman–Crippen LogP) is 5.76. The van der Waals surface area contributed by atoms with Crippen LogP contribution in [0.5, 0.6) is 17.2 Å². The fourth-order valence-electron chi connectivity index (χ4n) is 3.08. The molecule has 0 amide bonds. The van der Waals surface area contributed by atoms with Gasteiger partial charge in [-0.3, -0.25) is 0 Å². The summed E-state index contributed by atoms with van der Waals surface area (Å²) in [6, 6.07) is 18.1. The van der Waals surface area contributed by atoms with Crippen LogP contribution in [0.2, 0.25) is 5.02 Å². The smallest absolute Gasteiger partial charge is 0.180 e. The number of nitrogens with one attached hydrogen (secondary N) is 1. The topological polar surface area (TPSA) is 39.7 Å². The van der Waals surface area contributed by atoms with Crippen LogP contribution in [0, 0.1) is 5.82 Å². The van der Waals surface area contributed by atoms with E-state index < -0.39 is 0 Å². The van der Waals surface area contributed by atoms with Gasteiger partial charge < -0.3 is 19.5 Å². The van der Waals surface area contributed by atoms with Crippen LogP contribution in [-0.2, 0) is 19.7 Å². The monoisotopic (exact) mass is 429 g/mol. The fraction of sp³-hybridized carbons (Fsp3) is 0.250. The molecule has 0 aliphatic rings. The van der Waals surface area contributed by atoms with Crippen LogP contribution in [0.25, 0.3) is 0 Å². The second-order valence-corrected chi connectivity index (χ2v) is 7.04. The zero-order valence-electron chi connectivity index (χ0n) is 17.1. The lowest BCUT2D eigenvalue weighted by Crippen LogP contribution is -2.13. The largest absolute Gasteiger partial charge is 0.496 e. The second kappa shape index (κ2) is 10.9. The highest BCUT2D eigenvalue weighted by molar-refractivity contribution is 6.32. The molecule has 0 saturated carbocycles. The molecule has 0 fully saturated rings. The van der Waals surface area contributed by atoms with Crippen LogP contribution in [0.1, 0.15) is 23.6 Å². The molecule has 3 rings (SSSR count). The Balaban J connectivity index is 1.70. The summed E-state index contributed by atoms with van der Waals surface area (Å²) >= 11 is 6.47. The van der Waals surface area contributed by atoms with E-state index in [2.05, 4.69) is 5.32 Å². The number of methoxy groups -OCH3 is 1. The van der Waals surface area contributed by atoms with E-state index >= 15 is 0 Å². The molecule has 158 valence electrons. The van der Waals surface area contributed by atoms with Crippen LogP contribution < -0.4 is 19.5 Å². The molecule has 4 nitrogen and oxygen atoms in total. The third-order valence-electron chi connectivity index (χ3n) is 4.54. The minimum atomic E-state index is -0.316. The molecule has 0 aliphatic carbocycles. The van der Waals surface area contributed by atoms with Gasteiger partial charge in [-0.1, -0.05) is 48.0 Å². The Labute approximate surface area is 181 Å². The fourth-order valence-corrected chi connectivity index (χ4v) is 3.37. The molecule has 30 heavy (non-hydrogen) atoms. The summed E-state index contributed by atoms with van der Waals surface area (Å²) < 4.78 is 30.8. The average Bonchev–Trinajstić information content (AvgIpc) is 2.75. The van der Waals surface area contributed by atoms with Gasteiger partial charge in [0.15, 0.2) is 11.5 Å². The van der Waals surface area contributed by atoms with E-state index in [0.717, 1.165) is 16.9 Å². The molecular weight excluding hydrogens is 405 g/mol. The summed E-state index contributed by atoms with van der Waals surface area (Å²) in [5, 5.41) is 3.81. The van der Waals surface area contributed by atoms with Crippen molar-refractivity contribution < 1.29 is 18.6 Å². The molecule has 3 aromatic carbocycles. The predicted molar refractivity (Wildman–Crippen MR) is 117 cm³/mol. The standard InChI is InChI=1S/C24H25ClFNO3/c1-3-29-23-13-17(14-27-15-18-8-5-7-11-22(18)28-2)12-20(25)24(23)30-16-19-9-4-6-10-21(19)26/h4-13,27H,3,14-16H2,1-2H3. The first-order valence-corrected chi connectivity index (χ1v) is 10.1. The molecule has 3 aromatic rings. The van der Waals surface area contributed by atoms with Crippen LogP contribution in [-0.4, -0.2) is 13.7 Å². The first-order valence-electron chi connectivity index (χ1n) is 9.76. The van der Waals surface area contributed by atoms with E-state index in [1.165, 1.54) is 6.07 Å².